The fourth-order valence-electron chi connectivity index (χ4n) is 6.83. The third-order valence-corrected chi connectivity index (χ3v) is 8.21. The predicted molar refractivity (Wildman–Crippen MR) is 89.7 cm³/mol. The maximum Gasteiger partial charge on any atom is -0.0261 e. The second kappa shape index (κ2) is 5.33. The zero-order valence-electron chi connectivity index (χ0n) is 15.3. The predicted octanol–water partition coefficient (Wildman–Crippen LogP) is 6.40. The van der Waals surface area contributed by atoms with Gasteiger partial charge in [-0.2, -0.15) is 0 Å². The summed E-state index contributed by atoms with van der Waals surface area (Å²) < 4.78 is 0. The molecule has 0 aliphatic heterocycles. The summed E-state index contributed by atoms with van der Waals surface area (Å²) in [5.41, 5.74) is 1.13. The van der Waals surface area contributed by atoms with Gasteiger partial charge < -0.3 is 0 Å². The van der Waals surface area contributed by atoms with Crippen LogP contribution in [0.4, 0.5) is 0 Å². The summed E-state index contributed by atoms with van der Waals surface area (Å²) in [6, 6.07) is 0. The Hall–Kier alpha value is 0. The van der Waals surface area contributed by atoms with Crippen molar-refractivity contribution in [1.82, 2.24) is 0 Å². The number of fused-ring (bicyclic) bond motifs is 1. The Balaban J connectivity index is 2.44. The fraction of sp³-hybridized carbons (Fsp3) is 1.00. The third-order valence-electron chi connectivity index (χ3n) is 8.21. The van der Waals surface area contributed by atoms with E-state index in [1.807, 2.05) is 0 Å². The van der Waals surface area contributed by atoms with Crippen LogP contribution in [0.5, 0.6) is 0 Å². The Bertz CT molecular complexity index is 346. The topological polar surface area (TPSA) is 0 Å². The average molecular weight is 279 g/mol. The summed E-state index contributed by atoms with van der Waals surface area (Å²) in [7, 11) is 0. The highest BCUT2D eigenvalue weighted by molar-refractivity contribution is 5.07. The molecule has 0 spiro atoms. The van der Waals surface area contributed by atoms with Crippen LogP contribution >= 0.6 is 0 Å². The molecule has 0 aromatic heterocycles. The first-order valence-corrected chi connectivity index (χ1v) is 9.21. The summed E-state index contributed by atoms with van der Waals surface area (Å²) in [4.78, 5) is 0. The van der Waals surface area contributed by atoms with Crippen molar-refractivity contribution < 1.29 is 0 Å². The van der Waals surface area contributed by atoms with Crippen LogP contribution in [0.15, 0.2) is 0 Å². The van der Waals surface area contributed by atoms with Crippen molar-refractivity contribution >= 4 is 0 Å². The summed E-state index contributed by atoms with van der Waals surface area (Å²) in [6.07, 6.45) is 5.63. The summed E-state index contributed by atoms with van der Waals surface area (Å²) in [5, 5.41) is 0. The van der Waals surface area contributed by atoms with E-state index in [1.165, 1.54) is 25.7 Å². The second-order valence-corrected chi connectivity index (χ2v) is 9.06. The molecule has 0 heteroatoms. The van der Waals surface area contributed by atoms with E-state index in [1.54, 1.807) is 0 Å². The van der Waals surface area contributed by atoms with E-state index in [-0.39, 0.29) is 0 Å². The summed E-state index contributed by atoms with van der Waals surface area (Å²) >= 11 is 0. The van der Waals surface area contributed by atoms with Crippen LogP contribution in [0.25, 0.3) is 0 Å². The minimum absolute atomic E-state index is 0.563. The van der Waals surface area contributed by atoms with Crippen LogP contribution in [0.1, 0.15) is 81.1 Å². The van der Waals surface area contributed by atoms with Gasteiger partial charge in [0, 0.05) is 0 Å². The molecule has 118 valence electrons. The minimum atomic E-state index is 0.563. The standard InChI is InChI=1S/C20H38/c1-9-17-16(6)18-15(5)13(3)11-14(4)20(18,8)12-19(17,7)10-2/h13-18H,9-12H2,1-8H3. The van der Waals surface area contributed by atoms with Gasteiger partial charge >= 0.3 is 0 Å². The first-order chi connectivity index (χ1) is 9.21. The van der Waals surface area contributed by atoms with Crippen molar-refractivity contribution in [2.75, 3.05) is 0 Å². The van der Waals surface area contributed by atoms with Gasteiger partial charge in [0.1, 0.15) is 0 Å². The molecule has 2 rings (SSSR count). The number of hydrogen-bond donors (Lipinski definition) is 0. The van der Waals surface area contributed by atoms with Gasteiger partial charge in [0.2, 0.25) is 0 Å². The molecule has 20 heavy (non-hydrogen) atoms. The quantitative estimate of drug-likeness (QED) is 0.548. The SMILES string of the molecule is CCC1C(C)C2C(C)C(C)CC(C)C2(C)CC1(C)CC. The van der Waals surface area contributed by atoms with Crippen molar-refractivity contribution in [3.05, 3.63) is 0 Å². The molecule has 0 aromatic rings. The Morgan fingerprint density at radius 3 is 2.05 bits per heavy atom. The van der Waals surface area contributed by atoms with E-state index in [2.05, 4.69) is 55.4 Å². The maximum atomic E-state index is 2.64. The lowest BCUT2D eigenvalue weighted by Crippen LogP contribution is -2.57. The second-order valence-electron chi connectivity index (χ2n) is 9.06. The van der Waals surface area contributed by atoms with Gasteiger partial charge in [0.25, 0.3) is 0 Å². The number of rotatable bonds is 2. The van der Waals surface area contributed by atoms with E-state index in [9.17, 15) is 0 Å². The average Bonchev–Trinajstić information content (AvgIpc) is 2.36. The molecule has 0 amide bonds. The van der Waals surface area contributed by atoms with Crippen LogP contribution in [0.2, 0.25) is 0 Å². The molecule has 0 saturated heterocycles. The van der Waals surface area contributed by atoms with Crippen LogP contribution in [0.3, 0.4) is 0 Å². The summed E-state index contributed by atoms with van der Waals surface area (Å²) in [5.74, 6) is 5.46. The van der Waals surface area contributed by atoms with Crippen LogP contribution in [-0.2, 0) is 0 Å². The van der Waals surface area contributed by atoms with E-state index >= 15 is 0 Å². The Labute approximate surface area is 128 Å². The zero-order chi connectivity index (χ0) is 15.3. The highest BCUT2D eigenvalue weighted by Crippen LogP contribution is 2.65. The lowest BCUT2D eigenvalue weighted by atomic mass is 9.41. The fourth-order valence-corrected chi connectivity index (χ4v) is 6.83. The maximum absolute atomic E-state index is 2.64. The van der Waals surface area contributed by atoms with E-state index in [0.29, 0.717) is 10.8 Å². The van der Waals surface area contributed by atoms with E-state index in [0.717, 1.165) is 35.5 Å². The Morgan fingerprint density at radius 2 is 1.55 bits per heavy atom. The molecule has 8 unspecified atom stereocenters. The molecule has 2 aliphatic rings. The van der Waals surface area contributed by atoms with Crippen LogP contribution in [0, 0.1) is 46.3 Å². The van der Waals surface area contributed by atoms with Crippen molar-refractivity contribution in [1.29, 1.82) is 0 Å². The molecule has 2 saturated carbocycles. The molecule has 0 aromatic carbocycles. The van der Waals surface area contributed by atoms with Crippen molar-refractivity contribution in [3.63, 3.8) is 0 Å². The van der Waals surface area contributed by atoms with Gasteiger partial charge in [-0.05, 0) is 59.2 Å². The molecule has 0 nitrogen and oxygen atoms in total. The normalized spacial score (nSPS) is 56.4. The third kappa shape index (κ3) is 2.17. The van der Waals surface area contributed by atoms with Crippen molar-refractivity contribution in [2.45, 2.75) is 81.1 Å². The molecule has 0 N–H and O–H groups in total. The molecule has 2 fully saturated rings. The zero-order valence-corrected chi connectivity index (χ0v) is 15.3. The molecule has 8 atom stereocenters. The van der Waals surface area contributed by atoms with E-state index < -0.39 is 0 Å². The van der Waals surface area contributed by atoms with E-state index in [4.69, 9.17) is 0 Å². The van der Waals surface area contributed by atoms with Gasteiger partial charge in [-0.3, -0.25) is 0 Å². The minimum Gasteiger partial charge on any atom is -0.0651 e. The van der Waals surface area contributed by atoms with Gasteiger partial charge in [0.05, 0.1) is 0 Å². The van der Waals surface area contributed by atoms with Gasteiger partial charge in [-0.25, -0.2) is 0 Å². The molecule has 2 aliphatic carbocycles. The molecule has 0 bridgehead atoms. The van der Waals surface area contributed by atoms with Gasteiger partial charge in [0.15, 0.2) is 0 Å². The lowest BCUT2D eigenvalue weighted by molar-refractivity contribution is -0.153. The highest BCUT2D eigenvalue weighted by atomic mass is 14.6. The van der Waals surface area contributed by atoms with Gasteiger partial charge in [-0.1, -0.05) is 68.2 Å². The largest absolute Gasteiger partial charge is 0.0651 e. The van der Waals surface area contributed by atoms with Crippen molar-refractivity contribution in [3.8, 4) is 0 Å². The van der Waals surface area contributed by atoms with Crippen molar-refractivity contribution in [2.24, 2.45) is 46.3 Å². The number of hydrogen-bond acceptors (Lipinski definition) is 0. The summed E-state index contributed by atoms with van der Waals surface area (Å²) in [6.45, 7) is 20.3. The molecular weight excluding hydrogens is 240 g/mol. The first kappa shape index (κ1) is 16.4. The van der Waals surface area contributed by atoms with Gasteiger partial charge in [-0.15, -0.1) is 0 Å². The smallest absolute Gasteiger partial charge is 0.0261 e. The Kier molecular flexibility index (Phi) is 4.36. The monoisotopic (exact) mass is 278 g/mol. The highest BCUT2D eigenvalue weighted by Gasteiger charge is 2.58. The van der Waals surface area contributed by atoms with Crippen LogP contribution in [-0.4, -0.2) is 0 Å². The molecule has 0 radical (unpaired) electrons. The first-order valence-electron chi connectivity index (χ1n) is 9.21. The molecule has 0 heterocycles. The Morgan fingerprint density at radius 1 is 0.950 bits per heavy atom. The van der Waals surface area contributed by atoms with Crippen LogP contribution < -0.4 is 0 Å². The molecular formula is C20H38. The lowest BCUT2D eigenvalue weighted by Gasteiger charge is -2.64.